The highest BCUT2D eigenvalue weighted by molar-refractivity contribution is 6.42. The summed E-state index contributed by atoms with van der Waals surface area (Å²) in [7, 11) is 0. The van der Waals surface area contributed by atoms with E-state index < -0.39 is 0 Å². The van der Waals surface area contributed by atoms with Gasteiger partial charge in [0, 0.05) is 12.5 Å². The average molecular weight is 256 g/mol. The van der Waals surface area contributed by atoms with Gasteiger partial charge in [-0.15, -0.1) is 11.8 Å². The van der Waals surface area contributed by atoms with Gasteiger partial charge in [0.2, 0.25) is 0 Å². The molecule has 0 radical (unpaired) electrons. The standard InChI is InChI=1S/C13H15Cl2N/c1-2-3-4-5-11(16)8-10-6-7-12(14)13(15)9-10/h6-7,9,11H,4-5,8,16H2,1H3. The largest absolute Gasteiger partial charge is 0.327 e. The fourth-order valence-corrected chi connectivity index (χ4v) is 1.77. The molecule has 1 aromatic rings. The quantitative estimate of drug-likeness (QED) is 0.817. The SMILES string of the molecule is CC#CCCC(N)Cc1ccc(Cl)c(Cl)c1. The van der Waals surface area contributed by atoms with E-state index in [1.165, 1.54) is 0 Å². The van der Waals surface area contributed by atoms with Crippen LogP contribution in [0.2, 0.25) is 10.0 Å². The maximum Gasteiger partial charge on any atom is 0.0595 e. The molecule has 1 nitrogen and oxygen atoms in total. The van der Waals surface area contributed by atoms with Crippen LogP contribution in [0.25, 0.3) is 0 Å². The van der Waals surface area contributed by atoms with Crippen molar-refractivity contribution in [1.29, 1.82) is 0 Å². The molecule has 0 aliphatic heterocycles. The Morgan fingerprint density at radius 1 is 1.31 bits per heavy atom. The summed E-state index contributed by atoms with van der Waals surface area (Å²) in [6, 6.07) is 5.75. The van der Waals surface area contributed by atoms with Gasteiger partial charge in [-0.2, -0.15) is 0 Å². The summed E-state index contributed by atoms with van der Waals surface area (Å²) in [4.78, 5) is 0. The van der Waals surface area contributed by atoms with E-state index in [1.807, 2.05) is 19.1 Å². The molecule has 0 bridgehead atoms. The third kappa shape index (κ3) is 4.45. The van der Waals surface area contributed by atoms with Crippen molar-refractivity contribution in [3.8, 4) is 11.8 Å². The molecule has 0 fully saturated rings. The average Bonchev–Trinajstić information content (AvgIpc) is 2.24. The highest BCUT2D eigenvalue weighted by atomic mass is 35.5. The van der Waals surface area contributed by atoms with Crippen LogP contribution in [-0.4, -0.2) is 6.04 Å². The Morgan fingerprint density at radius 3 is 2.69 bits per heavy atom. The number of hydrogen-bond donors (Lipinski definition) is 1. The molecule has 2 N–H and O–H groups in total. The molecule has 1 atom stereocenters. The number of halogens is 2. The third-order valence-electron chi connectivity index (χ3n) is 2.30. The van der Waals surface area contributed by atoms with Gasteiger partial charge in [-0.3, -0.25) is 0 Å². The lowest BCUT2D eigenvalue weighted by molar-refractivity contribution is 0.623. The van der Waals surface area contributed by atoms with Crippen LogP contribution in [0.1, 0.15) is 25.3 Å². The molecule has 1 rings (SSSR count). The van der Waals surface area contributed by atoms with E-state index >= 15 is 0 Å². The molecule has 0 saturated heterocycles. The van der Waals surface area contributed by atoms with Crippen LogP contribution >= 0.6 is 23.2 Å². The first-order valence-electron chi connectivity index (χ1n) is 5.22. The van der Waals surface area contributed by atoms with E-state index in [9.17, 15) is 0 Å². The minimum atomic E-state index is 0.123. The van der Waals surface area contributed by atoms with Gasteiger partial charge in [-0.25, -0.2) is 0 Å². The first-order valence-corrected chi connectivity index (χ1v) is 5.98. The second-order valence-electron chi connectivity index (χ2n) is 3.68. The lowest BCUT2D eigenvalue weighted by Crippen LogP contribution is -2.22. The Bertz CT molecular complexity index is 404. The van der Waals surface area contributed by atoms with Gasteiger partial charge in [-0.1, -0.05) is 29.3 Å². The van der Waals surface area contributed by atoms with Crippen molar-refractivity contribution in [1.82, 2.24) is 0 Å². The van der Waals surface area contributed by atoms with Gasteiger partial charge in [-0.05, 0) is 37.5 Å². The Kier molecular flexibility index (Phi) is 5.69. The summed E-state index contributed by atoms with van der Waals surface area (Å²) in [5.41, 5.74) is 7.11. The van der Waals surface area contributed by atoms with Crippen molar-refractivity contribution in [2.75, 3.05) is 0 Å². The van der Waals surface area contributed by atoms with Crippen molar-refractivity contribution >= 4 is 23.2 Å². The summed E-state index contributed by atoms with van der Waals surface area (Å²) in [6.07, 6.45) is 2.56. The fraction of sp³-hybridized carbons (Fsp3) is 0.385. The van der Waals surface area contributed by atoms with Gasteiger partial charge in [0.05, 0.1) is 10.0 Å². The molecule has 1 aromatic carbocycles. The normalized spacial score (nSPS) is 11.8. The first kappa shape index (κ1) is 13.4. The van der Waals surface area contributed by atoms with E-state index in [-0.39, 0.29) is 6.04 Å². The predicted octanol–water partition coefficient (Wildman–Crippen LogP) is 3.67. The number of nitrogens with two attached hydrogens (primary N) is 1. The maximum absolute atomic E-state index is 5.99. The number of rotatable bonds is 4. The number of benzene rings is 1. The van der Waals surface area contributed by atoms with Crippen molar-refractivity contribution in [2.24, 2.45) is 5.73 Å². The van der Waals surface area contributed by atoms with Crippen LogP contribution in [0.3, 0.4) is 0 Å². The monoisotopic (exact) mass is 255 g/mol. The van der Waals surface area contributed by atoms with Crippen LogP contribution in [-0.2, 0) is 6.42 Å². The molecule has 0 saturated carbocycles. The minimum Gasteiger partial charge on any atom is -0.327 e. The molecule has 0 heterocycles. The molecule has 0 spiro atoms. The van der Waals surface area contributed by atoms with Crippen LogP contribution in [0.15, 0.2) is 18.2 Å². The Balaban J connectivity index is 2.51. The Hall–Kier alpha value is -0.680. The summed E-state index contributed by atoms with van der Waals surface area (Å²) < 4.78 is 0. The molecule has 0 aliphatic carbocycles. The highest BCUT2D eigenvalue weighted by Gasteiger charge is 2.05. The molecule has 16 heavy (non-hydrogen) atoms. The van der Waals surface area contributed by atoms with Gasteiger partial charge in [0.15, 0.2) is 0 Å². The fourth-order valence-electron chi connectivity index (χ4n) is 1.45. The van der Waals surface area contributed by atoms with E-state index in [0.29, 0.717) is 10.0 Å². The lowest BCUT2D eigenvalue weighted by Gasteiger charge is -2.10. The maximum atomic E-state index is 5.99. The zero-order valence-electron chi connectivity index (χ0n) is 9.26. The van der Waals surface area contributed by atoms with Crippen LogP contribution in [0.5, 0.6) is 0 Å². The van der Waals surface area contributed by atoms with Gasteiger partial charge in [0.1, 0.15) is 0 Å². The number of hydrogen-bond acceptors (Lipinski definition) is 1. The first-order chi connectivity index (χ1) is 7.63. The van der Waals surface area contributed by atoms with E-state index in [0.717, 1.165) is 24.8 Å². The van der Waals surface area contributed by atoms with Crippen molar-refractivity contribution in [3.63, 3.8) is 0 Å². The third-order valence-corrected chi connectivity index (χ3v) is 3.04. The topological polar surface area (TPSA) is 26.0 Å². The van der Waals surface area contributed by atoms with E-state index in [4.69, 9.17) is 28.9 Å². The second-order valence-corrected chi connectivity index (χ2v) is 4.49. The molecule has 3 heteroatoms. The smallest absolute Gasteiger partial charge is 0.0595 e. The van der Waals surface area contributed by atoms with Crippen LogP contribution in [0.4, 0.5) is 0 Å². The molecule has 1 unspecified atom stereocenters. The van der Waals surface area contributed by atoms with Gasteiger partial charge >= 0.3 is 0 Å². The molecular weight excluding hydrogens is 241 g/mol. The summed E-state index contributed by atoms with van der Waals surface area (Å²) in [6.45, 7) is 1.84. The summed E-state index contributed by atoms with van der Waals surface area (Å²) in [5, 5.41) is 1.16. The zero-order valence-corrected chi connectivity index (χ0v) is 10.8. The Labute approximate surface area is 107 Å². The van der Waals surface area contributed by atoms with Crippen molar-refractivity contribution in [3.05, 3.63) is 33.8 Å². The second kappa shape index (κ2) is 6.81. The summed E-state index contributed by atoms with van der Waals surface area (Å²) >= 11 is 11.8. The molecular formula is C13H15Cl2N. The zero-order chi connectivity index (χ0) is 12.0. The molecule has 0 aliphatic rings. The lowest BCUT2D eigenvalue weighted by atomic mass is 10.0. The molecule has 0 amide bonds. The summed E-state index contributed by atoms with van der Waals surface area (Å²) in [5.74, 6) is 5.87. The van der Waals surface area contributed by atoms with Gasteiger partial charge < -0.3 is 5.73 Å². The van der Waals surface area contributed by atoms with Crippen molar-refractivity contribution in [2.45, 2.75) is 32.2 Å². The minimum absolute atomic E-state index is 0.123. The van der Waals surface area contributed by atoms with Crippen molar-refractivity contribution < 1.29 is 0 Å². The molecule has 86 valence electrons. The van der Waals surface area contributed by atoms with Crippen LogP contribution < -0.4 is 5.73 Å². The Morgan fingerprint density at radius 2 is 2.06 bits per heavy atom. The van der Waals surface area contributed by atoms with E-state index in [2.05, 4.69) is 11.8 Å². The van der Waals surface area contributed by atoms with Gasteiger partial charge in [0.25, 0.3) is 0 Å². The molecule has 0 aromatic heterocycles. The predicted molar refractivity (Wildman–Crippen MR) is 70.8 cm³/mol. The van der Waals surface area contributed by atoms with E-state index in [1.54, 1.807) is 6.07 Å². The van der Waals surface area contributed by atoms with Crippen LogP contribution in [0, 0.1) is 11.8 Å². The highest BCUT2D eigenvalue weighted by Crippen LogP contribution is 2.23.